The van der Waals surface area contributed by atoms with Crippen molar-refractivity contribution in [1.29, 1.82) is 0 Å². The number of nitrogens with zero attached hydrogens (tertiary/aromatic N) is 1. The molecule has 0 spiro atoms. The minimum Gasteiger partial charge on any atom is -0.481 e. The molecule has 1 rings (SSSR count). The molecule has 0 aromatic carbocycles. The molecule has 4 nitrogen and oxygen atoms in total. The first-order valence-corrected chi connectivity index (χ1v) is 6.40. The van der Waals surface area contributed by atoms with Gasteiger partial charge in [-0.1, -0.05) is 34.1 Å². The van der Waals surface area contributed by atoms with Crippen LogP contribution in [0.4, 0.5) is 0 Å². The molecular weight excluding hydrogens is 218 g/mol. The molecule has 1 amide bonds. The first-order chi connectivity index (χ1) is 7.88. The van der Waals surface area contributed by atoms with E-state index < -0.39 is 11.9 Å². The Morgan fingerprint density at radius 3 is 2.35 bits per heavy atom. The van der Waals surface area contributed by atoms with Gasteiger partial charge < -0.3 is 10.0 Å². The number of carboxylic acid groups (broad SMARTS) is 1. The minimum absolute atomic E-state index is 0.0141. The second kappa shape index (κ2) is 5.52. The van der Waals surface area contributed by atoms with Crippen molar-refractivity contribution in [1.82, 2.24) is 4.90 Å². The van der Waals surface area contributed by atoms with Crippen LogP contribution < -0.4 is 0 Å². The van der Waals surface area contributed by atoms with Crippen molar-refractivity contribution in [2.75, 3.05) is 13.1 Å². The van der Waals surface area contributed by atoms with Gasteiger partial charge in [-0.3, -0.25) is 9.59 Å². The fraction of sp³-hybridized carbons (Fsp3) is 0.846. The summed E-state index contributed by atoms with van der Waals surface area (Å²) in [5, 5.41) is 9.04. The maximum Gasteiger partial charge on any atom is 0.308 e. The zero-order valence-corrected chi connectivity index (χ0v) is 11.1. The van der Waals surface area contributed by atoms with E-state index in [0.29, 0.717) is 19.0 Å². The number of carboxylic acids is 1. The van der Waals surface area contributed by atoms with Crippen molar-refractivity contribution in [2.24, 2.45) is 23.7 Å². The van der Waals surface area contributed by atoms with E-state index in [1.54, 1.807) is 4.90 Å². The van der Waals surface area contributed by atoms with Crippen LogP contribution in [0.5, 0.6) is 0 Å². The van der Waals surface area contributed by atoms with E-state index >= 15 is 0 Å². The average Bonchev–Trinajstić information content (AvgIpc) is 2.68. The summed E-state index contributed by atoms with van der Waals surface area (Å²) in [5.74, 6) is -0.691. The van der Waals surface area contributed by atoms with Crippen LogP contribution in [-0.2, 0) is 9.59 Å². The Kier molecular flexibility index (Phi) is 4.54. The predicted molar refractivity (Wildman–Crippen MR) is 65.5 cm³/mol. The Hall–Kier alpha value is -1.06. The topological polar surface area (TPSA) is 57.6 Å². The quantitative estimate of drug-likeness (QED) is 0.817. The van der Waals surface area contributed by atoms with Gasteiger partial charge in [0.15, 0.2) is 0 Å². The summed E-state index contributed by atoms with van der Waals surface area (Å²) >= 11 is 0. The molecule has 98 valence electrons. The molecule has 17 heavy (non-hydrogen) atoms. The molecule has 1 aliphatic rings. The van der Waals surface area contributed by atoms with E-state index in [0.717, 1.165) is 6.42 Å². The molecule has 0 bridgehead atoms. The summed E-state index contributed by atoms with van der Waals surface area (Å²) in [5.41, 5.74) is 0. The molecule has 4 atom stereocenters. The molecule has 1 fully saturated rings. The molecule has 1 saturated heterocycles. The maximum absolute atomic E-state index is 12.2. The van der Waals surface area contributed by atoms with Crippen molar-refractivity contribution >= 4 is 11.9 Å². The normalized spacial score (nSPS) is 27.9. The molecule has 2 unspecified atom stereocenters. The molecule has 0 radical (unpaired) electrons. The molecule has 0 aromatic heterocycles. The van der Waals surface area contributed by atoms with Gasteiger partial charge in [0.2, 0.25) is 5.91 Å². The van der Waals surface area contributed by atoms with E-state index in [1.807, 2.05) is 13.8 Å². The lowest BCUT2D eigenvalue weighted by Gasteiger charge is -2.24. The van der Waals surface area contributed by atoms with Gasteiger partial charge in [-0.2, -0.15) is 0 Å². The van der Waals surface area contributed by atoms with Gasteiger partial charge in [0.05, 0.1) is 5.92 Å². The van der Waals surface area contributed by atoms with Crippen molar-refractivity contribution < 1.29 is 14.7 Å². The summed E-state index contributed by atoms with van der Waals surface area (Å²) in [7, 11) is 0. The van der Waals surface area contributed by atoms with Crippen molar-refractivity contribution in [2.45, 2.75) is 34.1 Å². The molecule has 0 saturated carbocycles. The third kappa shape index (κ3) is 2.99. The van der Waals surface area contributed by atoms with Gasteiger partial charge in [0.25, 0.3) is 0 Å². The van der Waals surface area contributed by atoms with E-state index in [-0.39, 0.29) is 17.7 Å². The van der Waals surface area contributed by atoms with Crippen LogP contribution >= 0.6 is 0 Å². The SMILES string of the molecule is CCC(C)C(C)C(=O)N1C[C@@H](C)[C@H](C(=O)O)C1. The van der Waals surface area contributed by atoms with E-state index in [1.165, 1.54) is 0 Å². The van der Waals surface area contributed by atoms with Crippen LogP contribution in [0.15, 0.2) is 0 Å². The third-order valence-electron chi connectivity index (χ3n) is 4.13. The van der Waals surface area contributed by atoms with Crippen molar-refractivity contribution in [3.8, 4) is 0 Å². The van der Waals surface area contributed by atoms with Gasteiger partial charge in [0.1, 0.15) is 0 Å². The summed E-state index contributed by atoms with van der Waals surface area (Å²) in [6, 6.07) is 0. The second-order valence-corrected chi connectivity index (χ2v) is 5.34. The van der Waals surface area contributed by atoms with Crippen LogP contribution in [0.3, 0.4) is 0 Å². The van der Waals surface area contributed by atoms with Crippen LogP contribution in [0, 0.1) is 23.7 Å². The largest absolute Gasteiger partial charge is 0.481 e. The molecule has 1 N–H and O–H groups in total. The highest BCUT2D eigenvalue weighted by Gasteiger charge is 2.38. The number of rotatable bonds is 4. The summed E-state index contributed by atoms with van der Waals surface area (Å²) in [6.07, 6.45) is 0.971. The Morgan fingerprint density at radius 1 is 1.35 bits per heavy atom. The number of aliphatic carboxylic acids is 1. The monoisotopic (exact) mass is 241 g/mol. The van der Waals surface area contributed by atoms with E-state index in [2.05, 4.69) is 13.8 Å². The Bertz CT molecular complexity index is 303. The summed E-state index contributed by atoms with van der Waals surface area (Å²) in [4.78, 5) is 24.9. The number of likely N-dealkylation sites (tertiary alicyclic amines) is 1. The number of carbonyl (C=O) groups excluding carboxylic acids is 1. The van der Waals surface area contributed by atoms with Crippen LogP contribution in [0.25, 0.3) is 0 Å². The third-order valence-corrected chi connectivity index (χ3v) is 4.13. The molecule has 0 aromatic rings. The van der Waals surface area contributed by atoms with Gasteiger partial charge in [0, 0.05) is 19.0 Å². The van der Waals surface area contributed by atoms with Crippen molar-refractivity contribution in [3.05, 3.63) is 0 Å². The zero-order chi connectivity index (χ0) is 13.2. The fourth-order valence-electron chi connectivity index (χ4n) is 2.35. The summed E-state index contributed by atoms with van der Waals surface area (Å²) < 4.78 is 0. The highest BCUT2D eigenvalue weighted by molar-refractivity contribution is 5.80. The molecule has 1 heterocycles. The lowest BCUT2D eigenvalue weighted by atomic mass is 9.92. The lowest BCUT2D eigenvalue weighted by molar-refractivity contribution is -0.142. The number of hydrogen-bond donors (Lipinski definition) is 1. The average molecular weight is 241 g/mol. The Morgan fingerprint density at radius 2 is 1.94 bits per heavy atom. The number of carbonyl (C=O) groups is 2. The number of hydrogen-bond acceptors (Lipinski definition) is 2. The standard InChI is InChI=1S/C13H23NO3/c1-5-8(2)10(4)12(15)14-6-9(3)11(7-14)13(16)17/h8-11H,5-7H2,1-4H3,(H,16,17)/t8?,9-,10?,11-/m1/s1. The molecule has 4 heteroatoms. The smallest absolute Gasteiger partial charge is 0.308 e. The van der Waals surface area contributed by atoms with Crippen LogP contribution in [-0.4, -0.2) is 35.0 Å². The summed E-state index contributed by atoms with van der Waals surface area (Å²) in [6.45, 7) is 8.93. The second-order valence-electron chi connectivity index (χ2n) is 5.34. The molecule has 1 aliphatic heterocycles. The maximum atomic E-state index is 12.2. The van der Waals surface area contributed by atoms with E-state index in [4.69, 9.17) is 5.11 Å². The highest BCUT2D eigenvalue weighted by Crippen LogP contribution is 2.26. The van der Waals surface area contributed by atoms with Gasteiger partial charge in [-0.05, 0) is 11.8 Å². The van der Waals surface area contributed by atoms with Gasteiger partial charge in [-0.25, -0.2) is 0 Å². The van der Waals surface area contributed by atoms with Gasteiger partial charge in [-0.15, -0.1) is 0 Å². The molecule has 0 aliphatic carbocycles. The number of amides is 1. The van der Waals surface area contributed by atoms with Gasteiger partial charge >= 0.3 is 5.97 Å². The first-order valence-electron chi connectivity index (χ1n) is 6.40. The molecular formula is C13H23NO3. The minimum atomic E-state index is -0.788. The van der Waals surface area contributed by atoms with Crippen LogP contribution in [0.2, 0.25) is 0 Å². The van der Waals surface area contributed by atoms with E-state index in [9.17, 15) is 9.59 Å². The van der Waals surface area contributed by atoms with Crippen LogP contribution in [0.1, 0.15) is 34.1 Å². The predicted octanol–water partition coefficient (Wildman–Crippen LogP) is 1.85. The first kappa shape index (κ1) is 14.0. The van der Waals surface area contributed by atoms with Crippen molar-refractivity contribution in [3.63, 3.8) is 0 Å². The lowest BCUT2D eigenvalue weighted by Crippen LogP contribution is -2.36. The Labute approximate surface area is 103 Å². The Balaban J connectivity index is 2.64. The zero-order valence-electron chi connectivity index (χ0n) is 11.1. The fourth-order valence-corrected chi connectivity index (χ4v) is 2.35. The highest BCUT2D eigenvalue weighted by atomic mass is 16.4.